The van der Waals surface area contributed by atoms with Crippen molar-refractivity contribution >= 4 is 5.91 Å². The molecule has 2 N–H and O–H groups in total. The second-order valence-corrected chi connectivity index (χ2v) is 7.49. The van der Waals surface area contributed by atoms with E-state index in [1.165, 1.54) is 11.1 Å². The second kappa shape index (κ2) is 7.28. The van der Waals surface area contributed by atoms with Crippen molar-refractivity contribution in [3.63, 3.8) is 0 Å². The Hall–Kier alpha value is -1.35. The summed E-state index contributed by atoms with van der Waals surface area (Å²) in [7, 11) is 0. The lowest BCUT2D eigenvalue weighted by Crippen LogP contribution is -2.35. The first-order valence-electron chi connectivity index (χ1n) is 8.41. The van der Waals surface area contributed by atoms with E-state index in [0.717, 1.165) is 32.1 Å². The molecule has 0 radical (unpaired) electrons. The molecule has 1 fully saturated rings. The lowest BCUT2D eigenvalue weighted by Gasteiger charge is -2.24. The lowest BCUT2D eigenvalue weighted by atomic mass is 9.86. The Morgan fingerprint density at radius 1 is 1.14 bits per heavy atom. The van der Waals surface area contributed by atoms with Crippen molar-refractivity contribution in [3.05, 3.63) is 35.4 Å². The summed E-state index contributed by atoms with van der Waals surface area (Å²) < 4.78 is 0. The molecule has 1 aliphatic rings. The molecule has 0 saturated heterocycles. The van der Waals surface area contributed by atoms with Crippen LogP contribution in [0, 0.1) is 5.92 Å². The van der Waals surface area contributed by atoms with Crippen LogP contribution >= 0.6 is 0 Å². The summed E-state index contributed by atoms with van der Waals surface area (Å²) >= 11 is 0. The van der Waals surface area contributed by atoms with Crippen LogP contribution in [-0.2, 0) is 16.6 Å². The van der Waals surface area contributed by atoms with Crippen LogP contribution in [-0.4, -0.2) is 23.7 Å². The predicted molar refractivity (Wildman–Crippen MR) is 89.8 cm³/mol. The highest BCUT2D eigenvalue weighted by Crippen LogP contribution is 2.24. The van der Waals surface area contributed by atoms with Gasteiger partial charge in [-0.25, -0.2) is 0 Å². The van der Waals surface area contributed by atoms with Gasteiger partial charge in [0.2, 0.25) is 5.91 Å². The molecule has 1 aliphatic carbocycles. The summed E-state index contributed by atoms with van der Waals surface area (Å²) in [6.45, 7) is 7.32. The van der Waals surface area contributed by atoms with Crippen LogP contribution in [0.5, 0.6) is 0 Å². The smallest absolute Gasteiger partial charge is 0.223 e. The number of carbonyl (C=O) groups excluding carboxylic acids is 1. The highest BCUT2D eigenvalue weighted by Gasteiger charge is 2.24. The Kier molecular flexibility index (Phi) is 5.63. The van der Waals surface area contributed by atoms with Crippen LogP contribution in [0.15, 0.2) is 24.3 Å². The number of hydrogen-bond acceptors (Lipinski definition) is 2. The highest BCUT2D eigenvalue weighted by atomic mass is 16.3. The largest absolute Gasteiger partial charge is 0.393 e. The Labute approximate surface area is 134 Å². The van der Waals surface area contributed by atoms with E-state index in [9.17, 15) is 9.90 Å². The third-order valence-corrected chi connectivity index (χ3v) is 4.60. The number of carbonyl (C=O) groups is 1. The first-order chi connectivity index (χ1) is 10.4. The van der Waals surface area contributed by atoms with Crippen LogP contribution in [0.25, 0.3) is 0 Å². The maximum atomic E-state index is 12.1. The van der Waals surface area contributed by atoms with Crippen molar-refractivity contribution in [1.82, 2.24) is 5.32 Å². The Morgan fingerprint density at radius 2 is 1.73 bits per heavy atom. The zero-order chi connectivity index (χ0) is 16.2. The summed E-state index contributed by atoms with van der Waals surface area (Å²) in [4.78, 5) is 12.1. The number of aliphatic hydroxyl groups excluding tert-OH is 1. The van der Waals surface area contributed by atoms with Crippen LogP contribution in [0.4, 0.5) is 0 Å². The molecule has 0 unspecified atom stereocenters. The third kappa shape index (κ3) is 4.84. The molecule has 0 atom stereocenters. The van der Waals surface area contributed by atoms with Gasteiger partial charge in [0.25, 0.3) is 0 Å². The molecular formula is C19H29NO2. The Bertz CT molecular complexity index is 479. The van der Waals surface area contributed by atoms with Gasteiger partial charge in [-0.1, -0.05) is 45.0 Å². The van der Waals surface area contributed by atoms with Crippen LogP contribution in [0.1, 0.15) is 57.6 Å². The first-order valence-corrected chi connectivity index (χ1v) is 8.41. The minimum Gasteiger partial charge on any atom is -0.393 e. The molecule has 0 heterocycles. The molecule has 122 valence electrons. The zero-order valence-electron chi connectivity index (χ0n) is 14.1. The van der Waals surface area contributed by atoms with E-state index in [4.69, 9.17) is 0 Å². The molecule has 0 aliphatic heterocycles. The van der Waals surface area contributed by atoms with Crippen molar-refractivity contribution in [3.8, 4) is 0 Å². The number of amides is 1. The fourth-order valence-corrected chi connectivity index (χ4v) is 2.98. The minimum atomic E-state index is -0.203. The van der Waals surface area contributed by atoms with E-state index in [2.05, 4.69) is 50.4 Å². The summed E-state index contributed by atoms with van der Waals surface area (Å²) in [5, 5.41) is 12.5. The first kappa shape index (κ1) is 17.0. The average Bonchev–Trinajstić information content (AvgIpc) is 2.47. The third-order valence-electron chi connectivity index (χ3n) is 4.60. The molecule has 1 saturated carbocycles. The maximum absolute atomic E-state index is 12.1. The molecular weight excluding hydrogens is 274 g/mol. The van der Waals surface area contributed by atoms with E-state index < -0.39 is 0 Å². The molecule has 1 aromatic rings. The van der Waals surface area contributed by atoms with Gasteiger partial charge in [-0.3, -0.25) is 4.79 Å². The van der Waals surface area contributed by atoms with E-state index in [1.807, 2.05) is 0 Å². The van der Waals surface area contributed by atoms with Gasteiger partial charge in [0.1, 0.15) is 0 Å². The fraction of sp³-hybridized carbons (Fsp3) is 0.632. The number of rotatable bonds is 4. The Morgan fingerprint density at radius 3 is 2.27 bits per heavy atom. The van der Waals surface area contributed by atoms with Crippen molar-refractivity contribution in [2.45, 2.75) is 64.4 Å². The minimum absolute atomic E-state index is 0.0895. The van der Waals surface area contributed by atoms with Crippen molar-refractivity contribution in [2.24, 2.45) is 5.92 Å². The van der Waals surface area contributed by atoms with Gasteiger partial charge in [0, 0.05) is 12.5 Å². The second-order valence-electron chi connectivity index (χ2n) is 7.49. The summed E-state index contributed by atoms with van der Waals surface area (Å²) in [6, 6.07) is 8.67. The van der Waals surface area contributed by atoms with Gasteiger partial charge in [-0.15, -0.1) is 0 Å². The van der Waals surface area contributed by atoms with Crippen LogP contribution in [0.3, 0.4) is 0 Å². The maximum Gasteiger partial charge on any atom is 0.223 e. The Balaban J connectivity index is 1.75. The van der Waals surface area contributed by atoms with Crippen molar-refractivity contribution < 1.29 is 9.90 Å². The average molecular weight is 303 g/mol. The molecule has 3 nitrogen and oxygen atoms in total. The van der Waals surface area contributed by atoms with Crippen molar-refractivity contribution in [2.75, 3.05) is 6.54 Å². The lowest BCUT2D eigenvalue weighted by molar-refractivity contribution is -0.126. The number of nitrogens with one attached hydrogen (secondary N) is 1. The van der Waals surface area contributed by atoms with E-state index in [0.29, 0.717) is 6.54 Å². The summed E-state index contributed by atoms with van der Waals surface area (Å²) in [5.74, 6) is 0.241. The predicted octanol–water partition coefficient (Wildman–Crippen LogP) is 3.19. The number of hydrogen-bond donors (Lipinski definition) is 2. The SMILES string of the molecule is CC(C)(C)c1ccc(CCNC(=O)C2CCC(O)CC2)cc1. The van der Waals surface area contributed by atoms with Crippen LogP contribution < -0.4 is 5.32 Å². The molecule has 3 heteroatoms. The van der Waals surface area contributed by atoms with E-state index in [-0.39, 0.29) is 23.3 Å². The zero-order valence-corrected chi connectivity index (χ0v) is 14.1. The quantitative estimate of drug-likeness (QED) is 0.897. The topological polar surface area (TPSA) is 49.3 Å². The van der Waals surface area contributed by atoms with Crippen LogP contribution in [0.2, 0.25) is 0 Å². The van der Waals surface area contributed by atoms with Gasteiger partial charge in [-0.05, 0) is 48.6 Å². The molecule has 1 amide bonds. The summed E-state index contributed by atoms with van der Waals surface area (Å²) in [6.07, 6.45) is 3.80. The van der Waals surface area contributed by atoms with E-state index in [1.54, 1.807) is 0 Å². The van der Waals surface area contributed by atoms with Gasteiger partial charge in [-0.2, -0.15) is 0 Å². The molecule has 2 rings (SSSR count). The van der Waals surface area contributed by atoms with Gasteiger partial charge in [0.15, 0.2) is 0 Å². The standard InChI is InChI=1S/C19H29NO2/c1-19(2,3)16-8-4-14(5-9-16)12-13-20-18(22)15-6-10-17(21)11-7-15/h4-5,8-9,15,17,21H,6-7,10-13H2,1-3H3,(H,20,22). The molecule has 22 heavy (non-hydrogen) atoms. The molecule has 0 aromatic heterocycles. The van der Waals surface area contributed by atoms with Crippen molar-refractivity contribution in [1.29, 1.82) is 0 Å². The highest BCUT2D eigenvalue weighted by molar-refractivity contribution is 5.78. The molecule has 0 spiro atoms. The fourth-order valence-electron chi connectivity index (χ4n) is 2.98. The van der Waals surface area contributed by atoms with Gasteiger partial charge in [0.05, 0.1) is 6.10 Å². The van der Waals surface area contributed by atoms with Gasteiger partial charge < -0.3 is 10.4 Å². The number of benzene rings is 1. The van der Waals surface area contributed by atoms with Gasteiger partial charge >= 0.3 is 0 Å². The molecule has 0 bridgehead atoms. The summed E-state index contributed by atoms with van der Waals surface area (Å²) in [5.41, 5.74) is 2.77. The normalized spacial score (nSPS) is 22.4. The monoisotopic (exact) mass is 303 g/mol. The number of aliphatic hydroxyl groups is 1. The van der Waals surface area contributed by atoms with E-state index >= 15 is 0 Å². The molecule has 1 aromatic carbocycles.